The Labute approximate surface area is 97.6 Å². The summed E-state index contributed by atoms with van der Waals surface area (Å²) in [5.74, 6) is 0. The maximum atomic E-state index is 15.0. The minimum Gasteiger partial charge on any atom is -0.322 e. The van der Waals surface area contributed by atoms with Crippen LogP contribution in [0, 0.1) is 0 Å². The Morgan fingerprint density at radius 3 is 1.50 bits per heavy atom. The summed E-state index contributed by atoms with van der Waals surface area (Å²) in [6.45, 7) is -2.47. The van der Waals surface area contributed by atoms with Crippen molar-refractivity contribution in [2.75, 3.05) is 0 Å². The number of hydrogen-bond acceptors (Lipinski definition) is 0. The molecule has 2 rings (SSSR count). The highest BCUT2D eigenvalue weighted by molar-refractivity contribution is 6.79. The van der Waals surface area contributed by atoms with Crippen LogP contribution in [-0.2, 0) is 0 Å². The van der Waals surface area contributed by atoms with Gasteiger partial charge in [-0.2, -0.15) is 0 Å². The Morgan fingerprint density at radius 2 is 1.14 bits per heavy atom. The molecule has 0 aliphatic heterocycles. The molecule has 0 heterocycles. The molecule has 68 valence electrons. The Balaban J connectivity index is 2.84. The van der Waals surface area contributed by atoms with E-state index in [-0.39, 0.29) is 0 Å². The quantitative estimate of drug-likeness (QED) is 0.639. The fraction of sp³-hybridized carbons (Fsp3) is 0. The molecule has 0 N–H and O–H groups in total. The first-order valence-corrected chi connectivity index (χ1v) is 3.80. The number of rotatable bonds is 2. The van der Waals surface area contributed by atoms with Crippen molar-refractivity contribution in [2.45, 2.75) is 0 Å². The third-order valence-corrected chi connectivity index (χ3v) is 1.55. The molecule has 0 nitrogen and oxygen atoms in total. The molecule has 0 spiro atoms. The lowest BCUT2D eigenvalue weighted by molar-refractivity contribution is 0.865. The summed E-state index contributed by atoms with van der Waals surface area (Å²) in [7, 11) is 0. The molecule has 0 unspecified atom stereocenters. The molecule has 2 aromatic carbocycles. The molecule has 0 bridgehead atoms. The molecular formula is C12H10BF. The summed E-state index contributed by atoms with van der Waals surface area (Å²) in [6.07, 6.45) is 0. The van der Waals surface area contributed by atoms with Crippen LogP contribution in [0.15, 0.2) is 60.4 Å². The van der Waals surface area contributed by atoms with E-state index in [4.69, 9.17) is 13.7 Å². The highest BCUT2D eigenvalue weighted by Gasteiger charge is 2.17. The fourth-order valence-corrected chi connectivity index (χ4v) is 0.917. The molecule has 2 aromatic rings. The summed E-state index contributed by atoms with van der Waals surface area (Å²) in [5, 5.41) is 0. The van der Waals surface area contributed by atoms with Crippen LogP contribution in [-0.4, -0.2) is 6.99 Å². The van der Waals surface area contributed by atoms with Crippen molar-refractivity contribution >= 4 is 17.9 Å². The van der Waals surface area contributed by atoms with E-state index in [0.29, 0.717) is 0 Å². The standard InChI is InChI=1S/C12H10BF/c14-13(11-7-3-1-4-8-11)12-9-5-2-6-10-12/h1-10H/i1D,2D,3D,4D,5D,6D,7D,8D,9D,10D. The van der Waals surface area contributed by atoms with E-state index in [9.17, 15) is 4.32 Å². The molecule has 0 saturated carbocycles. The zero-order valence-electron chi connectivity index (χ0n) is 17.0. The van der Waals surface area contributed by atoms with Crippen molar-refractivity contribution in [3.63, 3.8) is 0 Å². The van der Waals surface area contributed by atoms with Crippen LogP contribution >= 0.6 is 0 Å². The van der Waals surface area contributed by atoms with Crippen molar-refractivity contribution in [2.24, 2.45) is 0 Å². The summed E-state index contributed by atoms with van der Waals surface area (Å²) >= 11 is 0. The van der Waals surface area contributed by atoms with Gasteiger partial charge in [-0.05, 0) is 10.9 Å². The van der Waals surface area contributed by atoms with Crippen molar-refractivity contribution in [1.82, 2.24) is 0 Å². The molecule has 0 saturated heterocycles. The summed E-state index contributed by atoms with van der Waals surface area (Å²) in [4.78, 5) is 0. The minimum atomic E-state index is -2.47. The van der Waals surface area contributed by atoms with E-state index >= 15 is 0 Å². The molecular weight excluding hydrogens is 174 g/mol. The largest absolute Gasteiger partial charge is 0.413 e. The van der Waals surface area contributed by atoms with Crippen LogP contribution in [0.2, 0.25) is 0 Å². The van der Waals surface area contributed by atoms with Gasteiger partial charge in [-0.15, -0.1) is 0 Å². The molecule has 0 aliphatic carbocycles. The Bertz CT molecular complexity index is 725. The van der Waals surface area contributed by atoms with E-state index in [1.54, 1.807) is 0 Å². The third-order valence-electron chi connectivity index (χ3n) is 1.55. The van der Waals surface area contributed by atoms with Gasteiger partial charge in [-0.3, -0.25) is 0 Å². The number of hydrogen-bond donors (Lipinski definition) is 0. The molecule has 0 aromatic heterocycles. The molecule has 2 heteroatoms. The summed E-state index contributed by atoms with van der Waals surface area (Å²) in [6, 6.07) is -7.74. The normalized spacial score (nSPS) is 19.8. The van der Waals surface area contributed by atoms with Gasteiger partial charge in [0.1, 0.15) is 0 Å². The van der Waals surface area contributed by atoms with E-state index in [0.717, 1.165) is 0 Å². The van der Waals surface area contributed by atoms with Crippen molar-refractivity contribution in [3.05, 3.63) is 60.4 Å². The van der Waals surface area contributed by atoms with Crippen LogP contribution in [0.1, 0.15) is 13.7 Å². The molecule has 0 amide bonds. The summed E-state index contributed by atoms with van der Waals surface area (Å²) in [5.41, 5.74) is -1.53. The molecule has 0 radical (unpaired) electrons. The average molecular weight is 194 g/mol. The van der Waals surface area contributed by atoms with Crippen molar-refractivity contribution in [3.8, 4) is 0 Å². The SMILES string of the molecule is [2H]c1c([2H])c([2H])c(B(F)c2c([2H])c([2H])c([2H])c([2H])c2[2H])c([2H])c1[2H]. The molecule has 0 aliphatic rings. The van der Waals surface area contributed by atoms with Crippen LogP contribution < -0.4 is 10.9 Å². The smallest absolute Gasteiger partial charge is 0.322 e. The van der Waals surface area contributed by atoms with Crippen LogP contribution in [0.25, 0.3) is 0 Å². The van der Waals surface area contributed by atoms with Gasteiger partial charge in [0.15, 0.2) is 0 Å². The highest BCUT2D eigenvalue weighted by Crippen LogP contribution is 1.92. The van der Waals surface area contributed by atoms with E-state index < -0.39 is 78.3 Å². The second kappa shape index (κ2) is 4.10. The van der Waals surface area contributed by atoms with E-state index in [1.807, 2.05) is 0 Å². The topological polar surface area (TPSA) is 0 Å². The van der Waals surface area contributed by atoms with Gasteiger partial charge >= 0.3 is 6.99 Å². The predicted octanol–water partition coefficient (Wildman–Crippen LogP) is 1.76. The van der Waals surface area contributed by atoms with Crippen molar-refractivity contribution in [1.29, 1.82) is 0 Å². The van der Waals surface area contributed by atoms with Gasteiger partial charge in [0, 0.05) is 0 Å². The van der Waals surface area contributed by atoms with Gasteiger partial charge in [0.2, 0.25) is 0 Å². The lowest BCUT2D eigenvalue weighted by atomic mass is 9.59. The maximum Gasteiger partial charge on any atom is 0.413 e. The molecule has 14 heavy (non-hydrogen) atoms. The predicted molar refractivity (Wildman–Crippen MR) is 59.0 cm³/mol. The van der Waals surface area contributed by atoms with Crippen molar-refractivity contribution < 1.29 is 18.0 Å². The first-order valence-electron chi connectivity index (χ1n) is 8.80. The molecule has 0 atom stereocenters. The van der Waals surface area contributed by atoms with Gasteiger partial charge in [-0.25, -0.2) is 0 Å². The van der Waals surface area contributed by atoms with Gasteiger partial charge < -0.3 is 4.32 Å². The Kier molecular flexibility index (Phi) is 0.866. The van der Waals surface area contributed by atoms with E-state index in [2.05, 4.69) is 0 Å². The number of benzene rings is 2. The first-order chi connectivity index (χ1) is 11.0. The lowest BCUT2D eigenvalue weighted by Crippen LogP contribution is -2.37. The fourth-order valence-electron chi connectivity index (χ4n) is 0.917. The molecule has 0 fully saturated rings. The zero-order valence-corrected chi connectivity index (χ0v) is 6.96. The van der Waals surface area contributed by atoms with Gasteiger partial charge in [-0.1, -0.05) is 60.4 Å². The van der Waals surface area contributed by atoms with Gasteiger partial charge in [0.25, 0.3) is 0 Å². The monoisotopic (exact) mass is 194 g/mol. The lowest BCUT2D eigenvalue weighted by Gasteiger charge is -2.03. The Hall–Kier alpha value is -1.57. The third kappa shape index (κ3) is 1.85. The number of halogens is 1. The second-order valence-corrected chi connectivity index (χ2v) is 2.44. The second-order valence-electron chi connectivity index (χ2n) is 2.44. The maximum absolute atomic E-state index is 15.0. The summed E-state index contributed by atoms with van der Waals surface area (Å²) < 4.78 is 91.1. The van der Waals surface area contributed by atoms with Crippen LogP contribution in [0.4, 0.5) is 4.32 Å². The zero-order chi connectivity index (χ0) is 18.5. The first kappa shape index (κ1) is 2.96. The minimum absolute atomic E-state index is 0.706. The highest BCUT2D eigenvalue weighted by atomic mass is 19.1. The van der Waals surface area contributed by atoms with Crippen LogP contribution in [0.3, 0.4) is 0 Å². The Morgan fingerprint density at radius 1 is 0.786 bits per heavy atom. The van der Waals surface area contributed by atoms with Crippen LogP contribution in [0.5, 0.6) is 0 Å². The average Bonchev–Trinajstić information content (AvgIpc) is 2.55. The van der Waals surface area contributed by atoms with Gasteiger partial charge in [0.05, 0.1) is 13.7 Å². The van der Waals surface area contributed by atoms with E-state index in [1.165, 1.54) is 0 Å².